The van der Waals surface area contributed by atoms with Gasteiger partial charge in [0.15, 0.2) is 0 Å². The third-order valence-corrected chi connectivity index (χ3v) is 2.50. The fraction of sp³-hybridized carbons (Fsp3) is 0.286. The van der Waals surface area contributed by atoms with Crippen molar-refractivity contribution in [2.24, 2.45) is 0 Å². The smallest absolute Gasteiger partial charge is 0.116 e. The zero-order valence-electron chi connectivity index (χ0n) is 9.29. The third kappa shape index (κ3) is 2.72. The lowest BCUT2D eigenvalue weighted by atomic mass is 9.94. The molecule has 0 aliphatic heterocycles. The molecular formula is C14H18O. The molecular weight excluding hydrogens is 184 g/mol. The van der Waals surface area contributed by atoms with Gasteiger partial charge in [0.1, 0.15) is 5.75 Å². The summed E-state index contributed by atoms with van der Waals surface area (Å²) in [5.74, 6) is 0.334. The van der Waals surface area contributed by atoms with Gasteiger partial charge in [-0.2, -0.15) is 0 Å². The molecule has 1 aromatic rings. The lowest BCUT2D eigenvalue weighted by molar-refractivity contribution is 0.473. The maximum Gasteiger partial charge on any atom is 0.116 e. The van der Waals surface area contributed by atoms with Crippen LogP contribution in [0.1, 0.15) is 23.6 Å². The van der Waals surface area contributed by atoms with E-state index in [1.807, 2.05) is 24.3 Å². The lowest BCUT2D eigenvalue weighted by Crippen LogP contribution is -1.98. The number of aromatic hydroxyl groups is 1. The molecule has 15 heavy (non-hydrogen) atoms. The Balaban J connectivity index is 3.23. The maximum atomic E-state index is 9.60. The van der Waals surface area contributed by atoms with Crippen molar-refractivity contribution in [3.8, 4) is 5.75 Å². The molecule has 0 aliphatic carbocycles. The van der Waals surface area contributed by atoms with Crippen molar-refractivity contribution < 1.29 is 5.11 Å². The van der Waals surface area contributed by atoms with Gasteiger partial charge in [-0.25, -0.2) is 0 Å². The monoisotopic (exact) mass is 202 g/mol. The molecule has 1 heteroatoms. The van der Waals surface area contributed by atoms with Crippen molar-refractivity contribution in [3.63, 3.8) is 0 Å². The van der Waals surface area contributed by atoms with Gasteiger partial charge in [0, 0.05) is 0 Å². The summed E-state index contributed by atoms with van der Waals surface area (Å²) in [5.41, 5.74) is 3.65. The first-order chi connectivity index (χ1) is 7.22. The molecule has 1 aromatic carbocycles. The molecule has 1 N–H and O–H groups in total. The van der Waals surface area contributed by atoms with E-state index in [2.05, 4.69) is 20.1 Å². The Morgan fingerprint density at radius 3 is 1.93 bits per heavy atom. The fourth-order valence-electron chi connectivity index (χ4n) is 1.91. The second-order valence-electron chi connectivity index (χ2n) is 3.58. The van der Waals surface area contributed by atoms with Crippen LogP contribution >= 0.6 is 0 Å². The van der Waals surface area contributed by atoms with E-state index in [0.717, 1.165) is 19.3 Å². The van der Waals surface area contributed by atoms with Crippen molar-refractivity contribution >= 4 is 0 Å². The average Bonchev–Trinajstić information content (AvgIpc) is 2.18. The van der Waals surface area contributed by atoms with Crippen LogP contribution in [0.15, 0.2) is 37.4 Å². The van der Waals surface area contributed by atoms with Gasteiger partial charge >= 0.3 is 0 Å². The molecule has 80 valence electrons. The van der Waals surface area contributed by atoms with Crippen LogP contribution in [-0.4, -0.2) is 5.11 Å². The Morgan fingerprint density at radius 1 is 1.13 bits per heavy atom. The van der Waals surface area contributed by atoms with Gasteiger partial charge in [0.05, 0.1) is 0 Å². The third-order valence-electron chi connectivity index (χ3n) is 2.50. The Morgan fingerprint density at radius 2 is 1.60 bits per heavy atom. The summed E-state index contributed by atoms with van der Waals surface area (Å²) < 4.78 is 0. The van der Waals surface area contributed by atoms with Crippen molar-refractivity contribution in [2.75, 3.05) is 0 Å². The highest BCUT2D eigenvalue weighted by atomic mass is 16.3. The van der Waals surface area contributed by atoms with Gasteiger partial charge in [0.2, 0.25) is 0 Å². The number of phenolic OH excluding ortho intramolecular Hbond substituents is 1. The van der Waals surface area contributed by atoms with Gasteiger partial charge in [-0.05, 0) is 48.1 Å². The van der Waals surface area contributed by atoms with Crippen molar-refractivity contribution in [2.45, 2.75) is 26.2 Å². The minimum Gasteiger partial charge on any atom is -0.508 e. The van der Waals surface area contributed by atoms with E-state index in [1.165, 1.54) is 16.7 Å². The van der Waals surface area contributed by atoms with E-state index in [1.54, 1.807) is 0 Å². The van der Waals surface area contributed by atoms with E-state index in [0.29, 0.717) is 5.75 Å². The molecule has 0 amide bonds. The van der Waals surface area contributed by atoms with Crippen molar-refractivity contribution in [3.05, 3.63) is 54.1 Å². The number of rotatable bonds is 5. The first kappa shape index (κ1) is 11.6. The molecule has 0 unspecified atom stereocenters. The molecule has 1 rings (SSSR count). The molecule has 0 fully saturated rings. The summed E-state index contributed by atoms with van der Waals surface area (Å²) in [6.07, 6.45) is 6.33. The number of hydrogen-bond acceptors (Lipinski definition) is 1. The highest BCUT2D eigenvalue weighted by Crippen LogP contribution is 2.24. The number of benzene rings is 1. The van der Waals surface area contributed by atoms with Gasteiger partial charge in [-0.1, -0.05) is 19.1 Å². The van der Waals surface area contributed by atoms with Crippen molar-refractivity contribution in [1.82, 2.24) is 0 Å². The van der Waals surface area contributed by atoms with Gasteiger partial charge in [-0.15, -0.1) is 13.2 Å². The van der Waals surface area contributed by atoms with Crippen LogP contribution in [0.3, 0.4) is 0 Å². The Bertz CT molecular complexity index is 333. The molecule has 0 aromatic heterocycles. The molecule has 1 nitrogen and oxygen atoms in total. The molecule has 0 heterocycles. The fourth-order valence-corrected chi connectivity index (χ4v) is 1.91. The number of hydrogen-bond donors (Lipinski definition) is 1. The normalized spacial score (nSPS) is 9.93. The van der Waals surface area contributed by atoms with Crippen LogP contribution in [0.4, 0.5) is 0 Å². The van der Waals surface area contributed by atoms with Crippen molar-refractivity contribution in [1.29, 1.82) is 0 Å². The molecule has 0 saturated heterocycles. The second-order valence-corrected chi connectivity index (χ2v) is 3.58. The van der Waals surface area contributed by atoms with Gasteiger partial charge in [0.25, 0.3) is 0 Å². The van der Waals surface area contributed by atoms with Crippen LogP contribution in [-0.2, 0) is 19.3 Å². The average molecular weight is 202 g/mol. The summed E-state index contributed by atoms with van der Waals surface area (Å²) in [6.45, 7) is 9.60. The van der Waals surface area contributed by atoms with E-state index in [9.17, 15) is 5.11 Å². The largest absolute Gasteiger partial charge is 0.508 e. The van der Waals surface area contributed by atoms with Crippen LogP contribution < -0.4 is 0 Å². The molecule has 0 aliphatic rings. The van der Waals surface area contributed by atoms with E-state index in [4.69, 9.17) is 0 Å². The van der Waals surface area contributed by atoms with Crippen LogP contribution in [0, 0.1) is 0 Å². The molecule has 0 atom stereocenters. The second kappa shape index (κ2) is 5.40. The highest BCUT2D eigenvalue weighted by Gasteiger charge is 2.07. The quantitative estimate of drug-likeness (QED) is 0.725. The first-order valence-electron chi connectivity index (χ1n) is 5.28. The van der Waals surface area contributed by atoms with E-state index < -0.39 is 0 Å². The van der Waals surface area contributed by atoms with Crippen LogP contribution in [0.25, 0.3) is 0 Å². The lowest BCUT2D eigenvalue weighted by Gasteiger charge is -2.12. The van der Waals surface area contributed by atoms with E-state index in [-0.39, 0.29) is 0 Å². The summed E-state index contributed by atoms with van der Waals surface area (Å²) >= 11 is 0. The maximum absolute atomic E-state index is 9.60. The number of phenols is 1. The van der Waals surface area contributed by atoms with Crippen LogP contribution in [0.2, 0.25) is 0 Å². The van der Waals surface area contributed by atoms with Gasteiger partial charge < -0.3 is 5.11 Å². The standard InChI is InChI=1S/C14H18O/c1-4-7-11-9-13(15)10-12(8-5-2)14(11)6-3/h4-5,9-10,15H,1-2,6-8H2,3H3. The summed E-state index contributed by atoms with van der Waals surface area (Å²) in [5, 5.41) is 9.60. The summed E-state index contributed by atoms with van der Waals surface area (Å²) in [6, 6.07) is 3.65. The minimum absolute atomic E-state index is 0.334. The zero-order valence-corrected chi connectivity index (χ0v) is 9.29. The SMILES string of the molecule is C=CCc1cc(O)cc(CC=C)c1CC. The topological polar surface area (TPSA) is 20.2 Å². The molecule has 0 saturated carbocycles. The summed E-state index contributed by atoms with van der Waals surface area (Å²) in [4.78, 5) is 0. The predicted molar refractivity (Wildman–Crippen MR) is 65.3 cm³/mol. The van der Waals surface area contributed by atoms with Gasteiger partial charge in [-0.3, -0.25) is 0 Å². The highest BCUT2D eigenvalue weighted by molar-refractivity contribution is 5.43. The molecule has 0 bridgehead atoms. The Labute approximate surface area is 91.8 Å². The zero-order chi connectivity index (χ0) is 11.3. The number of allylic oxidation sites excluding steroid dienone is 2. The Hall–Kier alpha value is -1.50. The minimum atomic E-state index is 0.334. The molecule has 0 spiro atoms. The Kier molecular flexibility index (Phi) is 4.17. The van der Waals surface area contributed by atoms with E-state index >= 15 is 0 Å². The molecule has 0 radical (unpaired) electrons. The first-order valence-corrected chi connectivity index (χ1v) is 5.28. The predicted octanol–water partition coefficient (Wildman–Crippen LogP) is 3.41. The summed E-state index contributed by atoms with van der Waals surface area (Å²) in [7, 11) is 0. The van der Waals surface area contributed by atoms with Crippen LogP contribution in [0.5, 0.6) is 5.75 Å².